The molecule has 0 bridgehead atoms. The van der Waals surface area contributed by atoms with E-state index in [0.29, 0.717) is 31.2 Å². The SMILES string of the molecule is O=C(OCC(=O)N1CCN(c2ccc(F)cc2)CC1)c1cc(Cl)ccc1Cl. The average molecular weight is 411 g/mol. The summed E-state index contributed by atoms with van der Waals surface area (Å²) in [5.74, 6) is -1.25. The molecule has 0 N–H and O–H groups in total. The number of amides is 1. The van der Waals surface area contributed by atoms with Crippen molar-refractivity contribution >= 4 is 40.8 Å². The van der Waals surface area contributed by atoms with Gasteiger partial charge in [0.2, 0.25) is 0 Å². The van der Waals surface area contributed by atoms with E-state index in [1.165, 1.54) is 24.3 Å². The fraction of sp³-hybridized carbons (Fsp3) is 0.263. The first-order chi connectivity index (χ1) is 12.9. The Morgan fingerprint density at radius 1 is 1.00 bits per heavy atom. The minimum absolute atomic E-state index is 0.123. The topological polar surface area (TPSA) is 49.9 Å². The van der Waals surface area contributed by atoms with E-state index in [9.17, 15) is 14.0 Å². The predicted octanol–water partition coefficient (Wildman–Crippen LogP) is 3.64. The second kappa shape index (κ2) is 8.59. The van der Waals surface area contributed by atoms with Crippen LogP contribution in [0.1, 0.15) is 10.4 Å². The number of anilines is 1. The number of ether oxygens (including phenoxy) is 1. The van der Waals surface area contributed by atoms with Gasteiger partial charge in [-0.1, -0.05) is 23.2 Å². The Morgan fingerprint density at radius 2 is 1.67 bits per heavy atom. The molecule has 0 saturated carbocycles. The van der Waals surface area contributed by atoms with Crippen LogP contribution in [0.2, 0.25) is 10.0 Å². The van der Waals surface area contributed by atoms with E-state index in [4.69, 9.17) is 27.9 Å². The van der Waals surface area contributed by atoms with E-state index in [1.807, 2.05) is 0 Å². The molecule has 1 amide bonds. The molecule has 2 aromatic rings. The lowest BCUT2D eigenvalue weighted by molar-refractivity contribution is -0.134. The minimum atomic E-state index is -0.694. The zero-order chi connectivity index (χ0) is 19.4. The van der Waals surface area contributed by atoms with Crippen molar-refractivity contribution in [1.29, 1.82) is 0 Å². The number of esters is 1. The number of piperazine rings is 1. The lowest BCUT2D eigenvalue weighted by Crippen LogP contribution is -2.49. The minimum Gasteiger partial charge on any atom is -0.452 e. The van der Waals surface area contributed by atoms with Crippen LogP contribution in [0.3, 0.4) is 0 Å². The van der Waals surface area contributed by atoms with Crippen molar-refractivity contribution in [2.75, 3.05) is 37.7 Å². The summed E-state index contributed by atoms with van der Waals surface area (Å²) in [7, 11) is 0. The molecule has 0 atom stereocenters. The van der Waals surface area contributed by atoms with E-state index in [-0.39, 0.29) is 28.9 Å². The van der Waals surface area contributed by atoms with Gasteiger partial charge < -0.3 is 14.5 Å². The number of hydrogen-bond acceptors (Lipinski definition) is 4. The summed E-state index contributed by atoms with van der Waals surface area (Å²) in [5.41, 5.74) is 1.03. The first-order valence-electron chi connectivity index (χ1n) is 8.34. The zero-order valence-corrected chi connectivity index (χ0v) is 15.8. The first-order valence-corrected chi connectivity index (χ1v) is 9.10. The van der Waals surface area contributed by atoms with Crippen LogP contribution in [-0.4, -0.2) is 49.6 Å². The Hall–Kier alpha value is -2.31. The molecular weight excluding hydrogens is 394 g/mol. The van der Waals surface area contributed by atoms with Crippen LogP contribution in [0.4, 0.5) is 10.1 Å². The molecule has 1 aliphatic heterocycles. The zero-order valence-electron chi connectivity index (χ0n) is 14.3. The molecule has 0 aromatic heterocycles. The third-order valence-corrected chi connectivity index (χ3v) is 4.86. The predicted molar refractivity (Wildman–Crippen MR) is 102 cm³/mol. The monoisotopic (exact) mass is 410 g/mol. The van der Waals surface area contributed by atoms with Crippen LogP contribution in [0.15, 0.2) is 42.5 Å². The molecule has 0 unspecified atom stereocenters. The van der Waals surface area contributed by atoms with Crippen LogP contribution in [0.5, 0.6) is 0 Å². The highest BCUT2D eigenvalue weighted by atomic mass is 35.5. The maximum Gasteiger partial charge on any atom is 0.340 e. The molecule has 142 valence electrons. The Bertz CT molecular complexity index is 837. The Morgan fingerprint density at radius 3 is 2.33 bits per heavy atom. The van der Waals surface area contributed by atoms with Gasteiger partial charge in [-0.15, -0.1) is 0 Å². The summed E-state index contributed by atoms with van der Waals surface area (Å²) < 4.78 is 18.1. The van der Waals surface area contributed by atoms with Crippen molar-refractivity contribution in [2.45, 2.75) is 0 Å². The van der Waals surface area contributed by atoms with Crippen molar-refractivity contribution in [3.8, 4) is 0 Å². The number of benzene rings is 2. The highest BCUT2D eigenvalue weighted by molar-refractivity contribution is 6.35. The van der Waals surface area contributed by atoms with E-state index >= 15 is 0 Å². The number of hydrogen-bond donors (Lipinski definition) is 0. The van der Waals surface area contributed by atoms with Gasteiger partial charge in [0.1, 0.15) is 5.82 Å². The van der Waals surface area contributed by atoms with Crippen LogP contribution >= 0.6 is 23.2 Å². The molecule has 0 aliphatic carbocycles. The molecule has 1 fully saturated rings. The quantitative estimate of drug-likeness (QED) is 0.721. The smallest absolute Gasteiger partial charge is 0.340 e. The number of nitrogens with zero attached hydrogens (tertiary/aromatic N) is 2. The normalized spacial score (nSPS) is 14.2. The molecule has 0 radical (unpaired) electrons. The summed E-state index contributed by atoms with van der Waals surface area (Å²) in [6.45, 7) is 1.85. The van der Waals surface area contributed by atoms with Crippen molar-refractivity contribution < 1.29 is 18.7 Å². The molecule has 1 saturated heterocycles. The molecule has 8 heteroatoms. The average Bonchev–Trinajstić information content (AvgIpc) is 2.68. The highest BCUT2D eigenvalue weighted by Gasteiger charge is 2.23. The summed E-state index contributed by atoms with van der Waals surface area (Å²) in [5, 5.41) is 0.569. The molecule has 27 heavy (non-hydrogen) atoms. The van der Waals surface area contributed by atoms with E-state index in [0.717, 1.165) is 5.69 Å². The van der Waals surface area contributed by atoms with Crippen LogP contribution in [-0.2, 0) is 9.53 Å². The van der Waals surface area contributed by atoms with Crippen LogP contribution in [0, 0.1) is 5.82 Å². The Labute approximate surface area is 166 Å². The van der Waals surface area contributed by atoms with Crippen LogP contribution < -0.4 is 4.90 Å². The standard InChI is InChI=1S/C19H17Cl2FN2O3/c20-13-1-6-17(21)16(11-13)19(26)27-12-18(25)24-9-7-23(8-10-24)15-4-2-14(22)3-5-15/h1-6,11H,7-10,12H2. The number of carbonyl (C=O) groups excluding carboxylic acids is 2. The molecule has 1 heterocycles. The van der Waals surface area contributed by atoms with Gasteiger partial charge in [0.15, 0.2) is 6.61 Å². The maximum absolute atomic E-state index is 13.0. The Balaban J connectivity index is 1.50. The second-order valence-electron chi connectivity index (χ2n) is 6.04. The lowest BCUT2D eigenvalue weighted by Gasteiger charge is -2.36. The van der Waals surface area contributed by atoms with E-state index in [2.05, 4.69) is 4.90 Å². The molecule has 5 nitrogen and oxygen atoms in total. The molecule has 3 rings (SSSR count). The summed E-state index contributed by atoms with van der Waals surface area (Å²) in [6, 6.07) is 10.7. The lowest BCUT2D eigenvalue weighted by atomic mass is 10.2. The third-order valence-electron chi connectivity index (χ3n) is 4.30. The fourth-order valence-electron chi connectivity index (χ4n) is 2.82. The largest absolute Gasteiger partial charge is 0.452 e. The summed E-state index contributed by atoms with van der Waals surface area (Å²) in [4.78, 5) is 28.1. The Kier molecular flexibility index (Phi) is 6.19. The van der Waals surface area contributed by atoms with Crippen molar-refractivity contribution in [3.63, 3.8) is 0 Å². The summed E-state index contributed by atoms with van der Waals surface area (Å²) in [6.07, 6.45) is 0. The second-order valence-corrected chi connectivity index (χ2v) is 6.89. The molecule has 2 aromatic carbocycles. The third kappa shape index (κ3) is 4.90. The van der Waals surface area contributed by atoms with Gasteiger partial charge in [-0.25, -0.2) is 9.18 Å². The van der Waals surface area contributed by atoms with Crippen molar-refractivity contribution in [1.82, 2.24) is 4.90 Å². The van der Waals surface area contributed by atoms with Gasteiger partial charge in [-0.3, -0.25) is 4.79 Å². The van der Waals surface area contributed by atoms with E-state index < -0.39 is 5.97 Å². The van der Waals surface area contributed by atoms with E-state index in [1.54, 1.807) is 23.1 Å². The number of rotatable bonds is 4. The number of halogens is 3. The van der Waals surface area contributed by atoms with Gasteiger partial charge in [-0.2, -0.15) is 0 Å². The van der Waals surface area contributed by atoms with Gasteiger partial charge in [-0.05, 0) is 42.5 Å². The number of carbonyl (C=O) groups is 2. The fourth-order valence-corrected chi connectivity index (χ4v) is 3.18. The van der Waals surface area contributed by atoms with Crippen molar-refractivity contribution in [2.24, 2.45) is 0 Å². The summed E-state index contributed by atoms with van der Waals surface area (Å²) >= 11 is 11.8. The van der Waals surface area contributed by atoms with Crippen LogP contribution in [0.25, 0.3) is 0 Å². The van der Waals surface area contributed by atoms with Gasteiger partial charge in [0, 0.05) is 36.9 Å². The molecule has 1 aliphatic rings. The first kappa shape index (κ1) is 19.5. The van der Waals surface area contributed by atoms with Gasteiger partial charge >= 0.3 is 5.97 Å². The van der Waals surface area contributed by atoms with Gasteiger partial charge in [0.05, 0.1) is 10.6 Å². The molecule has 0 spiro atoms. The highest BCUT2D eigenvalue weighted by Crippen LogP contribution is 2.21. The maximum atomic E-state index is 13.0. The van der Waals surface area contributed by atoms with Crippen molar-refractivity contribution in [3.05, 3.63) is 63.9 Å². The molecular formula is C19H17Cl2FN2O3. The van der Waals surface area contributed by atoms with Gasteiger partial charge in [0.25, 0.3) is 5.91 Å².